The van der Waals surface area contributed by atoms with E-state index in [0.717, 1.165) is 11.8 Å². The number of nitrogens with one attached hydrogen (secondary N) is 1. The topological polar surface area (TPSA) is 41.3 Å². The number of hydrogen-bond acceptors (Lipinski definition) is 3. The Morgan fingerprint density at radius 3 is 2.12 bits per heavy atom. The van der Waals surface area contributed by atoms with Gasteiger partial charge in [0.2, 0.25) is 0 Å². The molecule has 1 aliphatic rings. The standard InChI is InChI=1S/C14H31N3/c1-6-11-7-9-12(10-8-11)13(16-15)14(2,3)17(4)5/h11-13,16H,6-10,15H2,1-5H3. The molecule has 1 rings (SSSR count). The van der Waals surface area contributed by atoms with E-state index in [2.05, 4.69) is 45.2 Å². The van der Waals surface area contributed by atoms with Gasteiger partial charge in [-0.1, -0.05) is 26.2 Å². The Hall–Kier alpha value is -0.120. The Balaban J connectivity index is 2.63. The van der Waals surface area contributed by atoms with Crippen molar-refractivity contribution >= 4 is 0 Å². The lowest BCUT2D eigenvalue weighted by Gasteiger charge is -2.45. The molecule has 0 heterocycles. The van der Waals surface area contributed by atoms with E-state index in [-0.39, 0.29) is 5.54 Å². The first-order chi connectivity index (χ1) is 7.93. The van der Waals surface area contributed by atoms with Crippen LogP contribution in [0.4, 0.5) is 0 Å². The molecular weight excluding hydrogens is 210 g/mol. The Labute approximate surface area is 107 Å². The molecule has 0 bridgehead atoms. The van der Waals surface area contributed by atoms with Gasteiger partial charge in [-0.3, -0.25) is 11.3 Å². The molecule has 3 heteroatoms. The highest BCUT2D eigenvalue weighted by atomic mass is 15.3. The molecule has 1 fully saturated rings. The molecule has 0 spiro atoms. The van der Waals surface area contributed by atoms with E-state index < -0.39 is 0 Å². The average molecular weight is 241 g/mol. The number of hydrogen-bond donors (Lipinski definition) is 2. The van der Waals surface area contributed by atoms with E-state index in [1.807, 2.05) is 0 Å². The molecule has 1 atom stereocenters. The summed E-state index contributed by atoms with van der Waals surface area (Å²) in [5.74, 6) is 7.49. The van der Waals surface area contributed by atoms with Crippen molar-refractivity contribution in [1.82, 2.24) is 10.3 Å². The first-order valence-corrected chi connectivity index (χ1v) is 7.07. The van der Waals surface area contributed by atoms with Crippen molar-refractivity contribution in [2.45, 2.75) is 64.5 Å². The van der Waals surface area contributed by atoms with Crippen molar-refractivity contribution < 1.29 is 0 Å². The van der Waals surface area contributed by atoms with Crippen molar-refractivity contribution in [3.8, 4) is 0 Å². The minimum Gasteiger partial charge on any atom is -0.303 e. The minimum atomic E-state index is 0.110. The molecule has 0 saturated heterocycles. The number of nitrogens with zero attached hydrogens (tertiary/aromatic N) is 1. The molecule has 0 aromatic heterocycles. The van der Waals surface area contributed by atoms with Gasteiger partial charge in [-0.05, 0) is 52.6 Å². The van der Waals surface area contributed by atoms with E-state index in [1.54, 1.807) is 0 Å². The molecule has 1 aliphatic carbocycles. The van der Waals surface area contributed by atoms with Crippen LogP contribution in [-0.2, 0) is 0 Å². The smallest absolute Gasteiger partial charge is 0.0417 e. The fourth-order valence-electron chi connectivity index (χ4n) is 3.12. The highest BCUT2D eigenvalue weighted by Gasteiger charge is 2.37. The number of hydrazine groups is 1. The second-order valence-electron chi connectivity index (χ2n) is 6.38. The molecule has 0 aliphatic heterocycles. The maximum atomic E-state index is 5.82. The van der Waals surface area contributed by atoms with Gasteiger partial charge in [-0.2, -0.15) is 0 Å². The third-order valence-corrected chi connectivity index (χ3v) is 5.03. The number of likely N-dealkylation sites (N-methyl/N-ethyl adjacent to an activating group) is 1. The van der Waals surface area contributed by atoms with Gasteiger partial charge in [0.15, 0.2) is 0 Å². The van der Waals surface area contributed by atoms with Crippen molar-refractivity contribution in [1.29, 1.82) is 0 Å². The van der Waals surface area contributed by atoms with Crippen LogP contribution in [0.25, 0.3) is 0 Å². The van der Waals surface area contributed by atoms with Gasteiger partial charge < -0.3 is 4.90 Å². The van der Waals surface area contributed by atoms with Crippen LogP contribution < -0.4 is 11.3 Å². The Morgan fingerprint density at radius 2 is 1.76 bits per heavy atom. The predicted molar refractivity (Wildman–Crippen MR) is 74.6 cm³/mol. The van der Waals surface area contributed by atoms with Crippen LogP contribution >= 0.6 is 0 Å². The molecule has 102 valence electrons. The number of nitrogens with two attached hydrogens (primary N) is 1. The molecule has 1 unspecified atom stereocenters. The van der Waals surface area contributed by atoms with Crippen molar-refractivity contribution in [2.75, 3.05) is 14.1 Å². The van der Waals surface area contributed by atoms with Gasteiger partial charge in [0.25, 0.3) is 0 Å². The van der Waals surface area contributed by atoms with Crippen LogP contribution in [0.1, 0.15) is 52.9 Å². The Bertz CT molecular complexity index is 218. The largest absolute Gasteiger partial charge is 0.303 e. The van der Waals surface area contributed by atoms with Gasteiger partial charge in [0, 0.05) is 11.6 Å². The normalized spacial score (nSPS) is 28.4. The van der Waals surface area contributed by atoms with E-state index in [9.17, 15) is 0 Å². The molecule has 0 aromatic carbocycles. The van der Waals surface area contributed by atoms with Gasteiger partial charge in [-0.15, -0.1) is 0 Å². The molecule has 3 nitrogen and oxygen atoms in total. The van der Waals surface area contributed by atoms with Gasteiger partial charge in [-0.25, -0.2) is 0 Å². The molecule has 1 saturated carbocycles. The maximum absolute atomic E-state index is 5.82. The maximum Gasteiger partial charge on any atom is 0.0417 e. The van der Waals surface area contributed by atoms with E-state index in [1.165, 1.54) is 32.1 Å². The lowest BCUT2D eigenvalue weighted by Crippen LogP contribution is -2.60. The average Bonchev–Trinajstić information content (AvgIpc) is 2.30. The lowest BCUT2D eigenvalue weighted by atomic mass is 9.72. The second kappa shape index (κ2) is 6.17. The summed E-state index contributed by atoms with van der Waals surface area (Å²) >= 11 is 0. The fraction of sp³-hybridized carbons (Fsp3) is 1.00. The van der Waals surface area contributed by atoms with E-state index >= 15 is 0 Å². The molecule has 0 amide bonds. The summed E-state index contributed by atoms with van der Waals surface area (Å²) in [5, 5.41) is 0. The van der Waals surface area contributed by atoms with Crippen LogP contribution in [0.2, 0.25) is 0 Å². The zero-order valence-corrected chi connectivity index (χ0v) is 12.3. The summed E-state index contributed by atoms with van der Waals surface area (Å²) in [6.45, 7) is 6.88. The molecule has 0 aromatic rings. The summed E-state index contributed by atoms with van der Waals surface area (Å²) in [4.78, 5) is 2.28. The second-order valence-corrected chi connectivity index (χ2v) is 6.38. The lowest BCUT2D eigenvalue weighted by molar-refractivity contribution is 0.0789. The monoisotopic (exact) mass is 241 g/mol. The SMILES string of the molecule is CCC1CCC(C(NN)C(C)(C)N(C)C)CC1. The van der Waals surface area contributed by atoms with E-state index in [4.69, 9.17) is 5.84 Å². The Kier molecular flexibility index (Phi) is 5.42. The van der Waals surface area contributed by atoms with Crippen molar-refractivity contribution in [2.24, 2.45) is 17.7 Å². The highest BCUT2D eigenvalue weighted by molar-refractivity contribution is 4.95. The third-order valence-electron chi connectivity index (χ3n) is 5.03. The van der Waals surface area contributed by atoms with Gasteiger partial charge in [0.05, 0.1) is 0 Å². The predicted octanol–water partition coefficient (Wildman–Crippen LogP) is 2.37. The summed E-state index contributed by atoms with van der Waals surface area (Å²) < 4.78 is 0. The zero-order valence-electron chi connectivity index (χ0n) is 12.3. The first-order valence-electron chi connectivity index (χ1n) is 7.07. The van der Waals surface area contributed by atoms with Crippen LogP contribution in [-0.4, -0.2) is 30.6 Å². The molecule has 3 N–H and O–H groups in total. The fourth-order valence-corrected chi connectivity index (χ4v) is 3.12. The van der Waals surface area contributed by atoms with Crippen LogP contribution in [0, 0.1) is 11.8 Å². The summed E-state index contributed by atoms with van der Waals surface area (Å²) in [7, 11) is 4.28. The highest BCUT2D eigenvalue weighted by Crippen LogP contribution is 2.36. The van der Waals surface area contributed by atoms with Gasteiger partial charge in [0.1, 0.15) is 0 Å². The number of rotatable bonds is 5. The van der Waals surface area contributed by atoms with Crippen LogP contribution in [0.5, 0.6) is 0 Å². The van der Waals surface area contributed by atoms with Crippen LogP contribution in [0.15, 0.2) is 0 Å². The third kappa shape index (κ3) is 3.43. The summed E-state index contributed by atoms with van der Waals surface area (Å²) in [6, 6.07) is 0.385. The van der Waals surface area contributed by atoms with Gasteiger partial charge >= 0.3 is 0 Å². The zero-order chi connectivity index (χ0) is 13.1. The summed E-state index contributed by atoms with van der Waals surface area (Å²) in [6.07, 6.45) is 6.74. The molecule has 17 heavy (non-hydrogen) atoms. The van der Waals surface area contributed by atoms with Crippen molar-refractivity contribution in [3.05, 3.63) is 0 Å². The molecule has 0 radical (unpaired) electrons. The van der Waals surface area contributed by atoms with Crippen LogP contribution in [0.3, 0.4) is 0 Å². The first kappa shape index (κ1) is 14.9. The molecular formula is C14H31N3. The minimum absolute atomic E-state index is 0.110. The Morgan fingerprint density at radius 1 is 1.24 bits per heavy atom. The summed E-state index contributed by atoms with van der Waals surface area (Å²) in [5.41, 5.74) is 3.19. The van der Waals surface area contributed by atoms with E-state index in [0.29, 0.717) is 6.04 Å². The van der Waals surface area contributed by atoms with Crippen molar-refractivity contribution in [3.63, 3.8) is 0 Å². The quantitative estimate of drug-likeness (QED) is 0.573.